The second-order valence-electron chi connectivity index (χ2n) is 7.40. The first-order valence-electron chi connectivity index (χ1n) is 9.33. The summed E-state index contributed by atoms with van der Waals surface area (Å²) in [6, 6.07) is 15.3. The van der Waals surface area contributed by atoms with Crippen molar-refractivity contribution in [2.24, 2.45) is 0 Å². The zero-order valence-electron chi connectivity index (χ0n) is 16.1. The molecule has 1 saturated heterocycles. The van der Waals surface area contributed by atoms with Gasteiger partial charge in [-0.15, -0.1) is 0 Å². The molecule has 140 valence electrons. The third-order valence-electron chi connectivity index (χ3n) is 5.26. The van der Waals surface area contributed by atoms with Gasteiger partial charge in [0.2, 0.25) is 0 Å². The number of likely N-dealkylation sites (N-methyl/N-ethyl adjacent to an activating group) is 1. The van der Waals surface area contributed by atoms with Crippen LogP contribution in [0, 0.1) is 5.82 Å². The molecule has 1 aliphatic heterocycles. The van der Waals surface area contributed by atoms with Crippen LogP contribution in [0.25, 0.3) is 22.0 Å². The number of nitrogens with zero attached hydrogens (tertiary/aromatic N) is 4. The smallest absolute Gasteiger partial charge is 0.137 e. The molecule has 0 spiro atoms. The highest BCUT2D eigenvalue weighted by Gasteiger charge is 2.21. The van der Waals surface area contributed by atoms with Crippen molar-refractivity contribution in [3.05, 3.63) is 54.3 Å². The lowest BCUT2D eigenvalue weighted by atomic mass is 10.0. The molecule has 4 rings (SSSR count). The molecule has 27 heavy (non-hydrogen) atoms. The van der Waals surface area contributed by atoms with Crippen molar-refractivity contribution in [2.45, 2.75) is 0 Å². The van der Waals surface area contributed by atoms with Gasteiger partial charge in [-0.25, -0.2) is 9.37 Å². The molecule has 2 heterocycles. The van der Waals surface area contributed by atoms with Crippen LogP contribution < -0.4 is 9.80 Å². The molecule has 0 radical (unpaired) electrons. The van der Waals surface area contributed by atoms with Gasteiger partial charge in [0.05, 0.1) is 5.52 Å². The molecule has 5 heteroatoms. The van der Waals surface area contributed by atoms with E-state index in [4.69, 9.17) is 4.98 Å². The summed E-state index contributed by atoms with van der Waals surface area (Å²) in [5.74, 6) is 0.663. The molecule has 0 atom stereocenters. The lowest BCUT2D eigenvalue weighted by Gasteiger charge is -2.34. The van der Waals surface area contributed by atoms with E-state index in [-0.39, 0.29) is 5.82 Å². The summed E-state index contributed by atoms with van der Waals surface area (Å²) in [6.07, 6.45) is 0. The van der Waals surface area contributed by atoms with Crippen LogP contribution in [-0.2, 0) is 0 Å². The maximum atomic E-state index is 14.6. The van der Waals surface area contributed by atoms with Gasteiger partial charge < -0.3 is 14.7 Å². The first-order valence-corrected chi connectivity index (χ1v) is 9.33. The van der Waals surface area contributed by atoms with Gasteiger partial charge in [0.25, 0.3) is 0 Å². The molecule has 0 aliphatic carbocycles. The number of aromatic nitrogens is 1. The Hall–Kier alpha value is -2.66. The lowest BCUT2D eigenvalue weighted by molar-refractivity contribution is 0.312. The van der Waals surface area contributed by atoms with E-state index >= 15 is 0 Å². The number of piperazine rings is 1. The average Bonchev–Trinajstić information content (AvgIpc) is 2.67. The molecule has 0 N–H and O–H groups in total. The van der Waals surface area contributed by atoms with Crippen LogP contribution >= 0.6 is 0 Å². The minimum absolute atomic E-state index is 0.209. The Morgan fingerprint density at radius 2 is 1.67 bits per heavy atom. The quantitative estimate of drug-likeness (QED) is 0.704. The summed E-state index contributed by atoms with van der Waals surface area (Å²) >= 11 is 0. The summed E-state index contributed by atoms with van der Waals surface area (Å²) in [5, 5.41) is 1.02. The second kappa shape index (κ2) is 7.16. The number of fused-ring (bicyclic) bond motifs is 1. The van der Waals surface area contributed by atoms with Crippen molar-refractivity contribution in [2.75, 3.05) is 57.1 Å². The second-order valence-corrected chi connectivity index (χ2v) is 7.40. The minimum atomic E-state index is -0.209. The number of hydrogen-bond acceptors (Lipinski definition) is 4. The number of halogens is 1. The normalized spacial score (nSPS) is 15.3. The van der Waals surface area contributed by atoms with Crippen molar-refractivity contribution >= 4 is 22.4 Å². The molecular formula is C22H25FN4. The maximum Gasteiger partial charge on any atom is 0.137 e. The van der Waals surface area contributed by atoms with Gasteiger partial charge in [0, 0.05) is 62.5 Å². The Balaban J connectivity index is 1.90. The van der Waals surface area contributed by atoms with Crippen LogP contribution in [0.3, 0.4) is 0 Å². The van der Waals surface area contributed by atoms with E-state index in [1.807, 2.05) is 26.2 Å². The molecule has 0 bridgehead atoms. The van der Waals surface area contributed by atoms with Gasteiger partial charge in [0.15, 0.2) is 0 Å². The lowest BCUT2D eigenvalue weighted by Crippen LogP contribution is -2.45. The molecular weight excluding hydrogens is 339 g/mol. The molecule has 2 aromatic carbocycles. The highest BCUT2D eigenvalue weighted by atomic mass is 19.1. The molecule has 0 amide bonds. The monoisotopic (exact) mass is 364 g/mol. The van der Waals surface area contributed by atoms with E-state index in [1.54, 1.807) is 6.07 Å². The van der Waals surface area contributed by atoms with Crippen LogP contribution in [0.5, 0.6) is 0 Å². The first kappa shape index (κ1) is 17.7. The average molecular weight is 364 g/mol. The van der Waals surface area contributed by atoms with Gasteiger partial charge in [-0.1, -0.05) is 24.3 Å². The van der Waals surface area contributed by atoms with E-state index in [0.29, 0.717) is 5.56 Å². The predicted molar refractivity (Wildman–Crippen MR) is 111 cm³/mol. The highest BCUT2D eigenvalue weighted by molar-refractivity contribution is 5.91. The zero-order chi connectivity index (χ0) is 19.0. The van der Waals surface area contributed by atoms with Crippen LogP contribution in [-0.4, -0.2) is 57.2 Å². The van der Waals surface area contributed by atoms with Crippen molar-refractivity contribution < 1.29 is 4.39 Å². The number of pyridine rings is 1. The molecule has 1 fully saturated rings. The number of benzene rings is 2. The third-order valence-corrected chi connectivity index (χ3v) is 5.26. The van der Waals surface area contributed by atoms with Crippen molar-refractivity contribution in [1.29, 1.82) is 0 Å². The van der Waals surface area contributed by atoms with E-state index in [9.17, 15) is 4.39 Å². The van der Waals surface area contributed by atoms with E-state index in [0.717, 1.165) is 54.2 Å². The summed E-state index contributed by atoms with van der Waals surface area (Å²) in [6.45, 7) is 3.75. The standard InChI is InChI=1S/C22H25FN4/c1-25(2)17-9-8-16-14-19(18-6-4-5-7-20(18)23)22(24-21(16)15-17)27-12-10-26(3)11-13-27/h4-9,14-15H,10-13H2,1-3H3. The minimum Gasteiger partial charge on any atom is -0.378 e. The van der Waals surface area contributed by atoms with Crippen LogP contribution in [0.15, 0.2) is 48.5 Å². The first-order chi connectivity index (χ1) is 13.0. The van der Waals surface area contributed by atoms with E-state index in [1.165, 1.54) is 6.07 Å². The number of anilines is 2. The van der Waals surface area contributed by atoms with Gasteiger partial charge >= 0.3 is 0 Å². The molecule has 1 aliphatic rings. The number of hydrogen-bond donors (Lipinski definition) is 0. The largest absolute Gasteiger partial charge is 0.378 e. The Morgan fingerprint density at radius 1 is 0.926 bits per heavy atom. The molecule has 4 nitrogen and oxygen atoms in total. The predicted octanol–water partition coefficient (Wildman–Crippen LogP) is 3.86. The SMILES string of the molecule is CN1CCN(c2nc3cc(N(C)C)ccc3cc2-c2ccccc2F)CC1. The van der Waals surface area contributed by atoms with E-state index < -0.39 is 0 Å². The number of rotatable bonds is 3. The van der Waals surface area contributed by atoms with E-state index in [2.05, 4.69) is 46.0 Å². The fourth-order valence-corrected chi connectivity index (χ4v) is 3.56. The maximum absolute atomic E-state index is 14.6. The summed E-state index contributed by atoms with van der Waals surface area (Å²) in [4.78, 5) is 11.7. The fraction of sp³-hybridized carbons (Fsp3) is 0.318. The fourth-order valence-electron chi connectivity index (χ4n) is 3.56. The van der Waals surface area contributed by atoms with Crippen LogP contribution in [0.2, 0.25) is 0 Å². The molecule has 1 aromatic heterocycles. The summed E-state index contributed by atoms with van der Waals surface area (Å²) in [5.41, 5.74) is 3.52. The summed E-state index contributed by atoms with van der Waals surface area (Å²) in [7, 11) is 6.18. The van der Waals surface area contributed by atoms with Crippen molar-refractivity contribution in [3.8, 4) is 11.1 Å². The Kier molecular flexibility index (Phi) is 4.70. The van der Waals surface area contributed by atoms with Gasteiger partial charge in [-0.05, 0) is 31.3 Å². The Labute approximate surface area is 159 Å². The van der Waals surface area contributed by atoms with Crippen molar-refractivity contribution in [1.82, 2.24) is 9.88 Å². The topological polar surface area (TPSA) is 22.6 Å². The zero-order valence-corrected chi connectivity index (χ0v) is 16.1. The Morgan fingerprint density at radius 3 is 2.37 bits per heavy atom. The molecule has 3 aromatic rings. The van der Waals surface area contributed by atoms with Crippen LogP contribution in [0.1, 0.15) is 0 Å². The van der Waals surface area contributed by atoms with Crippen LogP contribution in [0.4, 0.5) is 15.9 Å². The van der Waals surface area contributed by atoms with Crippen molar-refractivity contribution in [3.63, 3.8) is 0 Å². The highest BCUT2D eigenvalue weighted by Crippen LogP contribution is 2.35. The third kappa shape index (κ3) is 3.47. The Bertz CT molecular complexity index is 962. The molecule has 0 unspecified atom stereocenters. The van der Waals surface area contributed by atoms with Gasteiger partial charge in [-0.3, -0.25) is 0 Å². The molecule has 0 saturated carbocycles. The summed E-state index contributed by atoms with van der Waals surface area (Å²) < 4.78 is 14.6. The van der Waals surface area contributed by atoms with Gasteiger partial charge in [-0.2, -0.15) is 0 Å². The van der Waals surface area contributed by atoms with Gasteiger partial charge in [0.1, 0.15) is 11.6 Å².